The molecule has 9 nitrogen and oxygen atoms in total. The Morgan fingerprint density at radius 3 is 1.43 bits per heavy atom. The van der Waals surface area contributed by atoms with Gasteiger partial charge in [0.15, 0.2) is 5.60 Å². The summed E-state index contributed by atoms with van der Waals surface area (Å²) in [5, 5.41) is 10.1. The molecule has 0 bridgehead atoms. The minimum absolute atomic E-state index is 0. The maximum Gasteiger partial charge on any atom is 0.339 e. The fourth-order valence-corrected chi connectivity index (χ4v) is 1.37. The van der Waals surface area contributed by atoms with Gasteiger partial charge in [0, 0.05) is 0 Å². The number of ether oxygens (including phenoxy) is 3. The standard InChI is InChI=1S/C12H20O7.2H2O/c1-4-17-9(13)7-12(16,11(15)19-6-3)8-10(14)18-5-2;;/h16H,4-8H2,1-3H3;2*1H2. The molecule has 0 fully saturated rings. The monoisotopic (exact) mass is 312 g/mol. The topological polar surface area (TPSA) is 162 Å². The van der Waals surface area contributed by atoms with Crippen molar-refractivity contribution in [3.8, 4) is 0 Å². The van der Waals surface area contributed by atoms with Crippen LogP contribution in [0.1, 0.15) is 33.6 Å². The molecule has 0 aromatic carbocycles. The first kappa shape index (κ1) is 24.3. The fraction of sp³-hybridized carbons (Fsp3) is 0.750. The molecule has 0 heterocycles. The van der Waals surface area contributed by atoms with Crippen LogP contribution in [-0.4, -0.2) is 59.4 Å². The molecule has 0 rings (SSSR count). The number of rotatable bonds is 8. The van der Waals surface area contributed by atoms with Crippen LogP contribution in [0, 0.1) is 0 Å². The minimum Gasteiger partial charge on any atom is -0.466 e. The van der Waals surface area contributed by atoms with Crippen molar-refractivity contribution in [1.82, 2.24) is 0 Å². The van der Waals surface area contributed by atoms with E-state index in [1.165, 1.54) is 0 Å². The molecule has 0 atom stereocenters. The van der Waals surface area contributed by atoms with Crippen molar-refractivity contribution in [3.63, 3.8) is 0 Å². The lowest BCUT2D eigenvalue weighted by molar-refractivity contribution is -0.177. The van der Waals surface area contributed by atoms with Crippen molar-refractivity contribution in [1.29, 1.82) is 0 Å². The summed E-state index contributed by atoms with van der Waals surface area (Å²) < 4.78 is 14.0. The lowest BCUT2D eigenvalue weighted by Gasteiger charge is -2.23. The second-order valence-corrected chi connectivity index (χ2v) is 3.72. The molecular formula is C12H24O9. The largest absolute Gasteiger partial charge is 0.466 e. The van der Waals surface area contributed by atoms with Gasteiger partial charge in [-0.2, -0.15) is 0 Å². The van der Waals surface area contributed by atoms with Gasteiger partial charge in [-0.1, -0.05) is 0 Å². The summed E-state index contributed by atoms with van der Waals surface area (Å²) in [7, 11) is 0. The molecule has 0 aromatic heterocycles. The number of carbonyl (C=O) groups excluding carboxylic acids is 3. The average Bonchev–Trinajstić information content (AvgIpc) is 2.29. The second kappa shape index (κ2) is 12.1. The quantitative estimate of drug-likeness (QED) is 0.422. The van der Waals surface area contributed by atoms with Gasteiger partial charge in [0.05, 0.1) is 32.7 Å². The van der Waals surface area contributed by atoms with E-state index in [-0.39, 0.29) is 30.8 Å². The molecule has 9 heteroatoms. The molecule has 0 aromatic rings. The minimum atomic E-state index is -2.26. The molecule has 0 aliphatic carbocycles. The number of esters is 3. The summed E-state index contributed by atoms with van der Waals surface area (Å²) in [6.45, 7) is 4.97. The van der Waals surface area contributed by atoms with Gasteiger partial charge in [0.1, 0.15) is 0 Å². The SMILES string of the molecule is CCOC(=O)CC(O)(CC(=O)OCC)C(=O)OCC.O.O. The van der Waals surface area contributed by atoms with Crippen LogP contribution in [0.2, 0.25) is 0 Å². The summed E-state index contributed by atoms with van der Waals surface area (Å²) in [6.07, 6.45) is -1.31. The molecule has 0 unspecified atom stereocenters. The van der Waals surface area contributed by atoms with Crippen LogP contribution in [0.4, 0.5) is 0 Å². The van der Waals surface area contributed by atoms with Gasteiger partial charge < -0.3 is 30.3 Å². The highest BCUT2D eigenvalue weighted by Crippen LogP contribution is 2.19. The normalized spacial score (nSPS) is 9.71. The molecule has 0 spiro atoms. The Labute approximate surface area is 122 Å². The van der Waals surface area contributed by atoms with E-state index in [9.17, 15) is 19.5 Å². The molecule has 0 aliphatic heterocycles. The van der Waals surface area contributed by atoms with Crippen LogP contribution in [-0.2, 0) is 28.6 Å². The zero-order valence-electron chi connectivity index (χ0n) is 12.4. The lowest BCUT2D eigenvalue weighted by atomic mass is 9.95. The summed E-state index contributed by atoms with van der Waals surface area (Å²) in [6, 6.07) is 0. The summed E-state index contributed by atoms with van der Waals surface area (Å²) in [5.41, 5.74) is -2.26. The van der Waals surface area contributed by atoms with Crippen LogP contribution in [0.3, 0.4) is 0 Å². The van der Waals surface area contributed by atoms with Crippen LogP contribution in [0.5, 0.6) is 0 Å². The van der Waals surface area contributed by atoms with Crippen LogP contribution in [0.15, 0.2) is 0 Å². The van der Waals surface area contributed by atoms with Crippen LogP contribution in [0.25, 0.3) is 0 Å². The van der Waals surface area contributed by atoms with Crippen molar-refractivity contribution >= 4 is 17.9 Å². The molecule has 0 aliphatic rings. The van der Waals surface area contributed by atoms with Crippen molar-refractivity contribution in [3.05, 3.63) is 0 Å². The highest BCUT2D eigenvalue weighted by molar-refractivity contribution is 5.90. The van der Waals surface area contributed by atoms with Crippen LogP contribution >= 0.6 is 0 Å². The van der Waals surface area contributed by atoms with E-state index in [4.69, 9.17) is 0 Å². The fourth-order valence-electron chi connectivity index (χ4n) is 1.37. The Bertz CT molecular complexity index is 307. The smallest absolute Gasteiger partial charge is 0.339 e. The van der Waals surface area contributed by atoms with E-state index < -0.39 is 36.4 Å². The summed E-state index contributed by atoms with van der Waals surface area (Å²) in [5.74, 6) is -2.62. The number of aliphatic hydroxyl groups is 1. The molecule has 0 saturated carbocycles. The average molecular weight is 312 g/mol. The molecule has 0 saturated heterocycles. The van der Waals surface area contributed by atoms with E-state index in [2.05, 4.69) is 14.2 Å². The van der Waals surface area contributed by atoms with Crippen LogP contribution < -0.4 is 0 Å². The maximum absolute atomic E-state index is 11.7. The number of hydrogen-bond donors (Lipinski definition) is 1. The Kier molecular flexibility index (Phi) is 14.0. The second-order valence-electron chi connectivity index (χ2n) is 3.72. The van der Waals surface area contributed by atoms with Crippen molar-refractivity contribution in [2.45, 2.75) is 39.2 Å². The molecule has 0 amide bonds. The first-order chi connectivity index (χ1) is 8.89. The summed E-state index contributed by atoms with van der Waals surface area (Å²) >= 11 is 0. The third kappa shape index (κ3) is 8.95. The zero-order chi connectivity index (χ0) is 14.9. The van der Waals surface area contributed by atoms with E-state index in [0.717, 1.165) is 0 Å². The first-order valence-corrected chi connectivity index (χ1v) is 6.10. The van der Waals surface area contributed by atoms with Gasteiger partial charge in [-0.25, -0.2) is 4.79 Å². The van der Waals surface area contributed by atoms with E-state index >= 15 is 0 Å². The predicted octanol–water partition coefficient (Wildman–Crippen LogP) is -1.46. The summed E-state index contributed by atoms with van der Waals surface area (Å²) in [4.78, 5) is 34.4. The first-order valence-electron chi connectivity index (χ1n) is 6.10. The van der Waals surface area contributed by atoms with E-state index in [0.29, 0.717) is 0 Å². The zero-order valence-corrected chi connectivity index (χ0v) is 12.4. The molecule has 21 heavy (non-hydrogen) atoms. The maximum atomic E-state index is 11.7. The molecule has 126 valence electrons. The number of hydrogen-bond acceptors (Lipinski definition) is 7. The van der Waals surface area contributed by atoms with Gasteiger partial charge >= 0.3 is 17.9 Å². The Hall–Kier alpha value is -1.71. The highest BCUT2D eigenvalue weighted by atomic mass is 16.6. The van der Waals surface area contributed by atoms with Crippen molar-refractivity contribution in [2.75, 3.05) is 19.8 Å². The number of carbonyl (C=O) groups is 3. The van der Waals surface area contributed by atoms with E-state index in [1.54, 1.807) is 20.8 Å². The third-order valence-electron chi connectivity index (χ3n) is 2.14. The van der Waals surface area contributed by atoms with Gasteiger partial charge in [-0.05, 0) is 20.8 Å². The Morgan fingerprint density at radius 2 is 1.14 bits per heavy atom. The molecular weight excluding hydrogens is 288 g/mol. The lowest BCUT2D eigenvalue weighted by Crippen LogP contribution is -2.44. The van der Waals surface area contributed by atoms with Gasteiger partial charge in [-0.15, -0.1) is 0 Å². The third-order valence-corrected chi connectivity index (χ3v) is 2.14. The van der Waals surface area contributed by atoms with Gasteiger partial charge in [0.25, 0.3) is 0 Å². The Balaban J connectivity index is -0.00000162. The van der Waals surface area contributed by atoms with Crippen molar-refractivity contribution < 1.29 is 44.7 Å². The van der Waals surface area contributed by atoms with E-state index in [1.807, 2.05) is 0 Å². The highest BCUT2D eigenvalue weighted by Gasteiger charge is 2.43. The van der Waals surface area contributed by atoms with Gasteiger partial charge in [-0.3, -0.25) is 9.59 Å². The van der Waals surface area contributed by atoms with Gasteiger partial charge in [0.2, 0.25) is 0 Å². The Morgan fingerprint density at radius 1 is 0.810 bits per heavy atom. The molecule has 5 N–H and O–H groups in total. The predicted molar refractivity (Wildman–Crippen MR) is 71.3 cm³/mol. The van der Waals surface area contributed by atoms with Crippen molar-refractivity contribution in [2.24, 2.45) is 0 Å². The molecule has 0 radical (unpaired) electrons.